The molecule has 1 aliphatic heterocycles. The average Bonchev–Trinajstić information content (AvgIpc) is 2.69. The predicted molar refractivity (Wildman–Crippen MR) is 100.0 cm³/mol. The third kappa shape index (κ3) is 2.79. The van der Waals surface area contributed by atoms with Crippen LogP contribution in [0.4, 0.5) is 11.4 Å². The van der Waals surface area contributed by atoms with Crippen molar-refractivity contribution in [2.45, 2.75) is 0 Å². The second kappa shape index (κ2) is 6.42. The van der Waals surface area contributed by atoms with E-state index in [-0.39, 0.29) is 0 Å². The first-order valence-electron chi connectivity index (χ1n) is 7.93. The van der Waals surface area contributed by atoms with Crippen molar-refractivity contribution in [2.75, 3.05) is 10.1 Å². The molecule has 1 heterocycles. The minimum absolute atomic E-state index is 0.937. The van der Waals surface area contributed by atoms with Crippen LogP contribution in [0.1, 0.15) is 5.56 Å². The molecular formula is C21H17N3. The summed E-state index contributed by atoms with van der Waals surface area (Å²) in [6.07, 6.45) is 4.10. The van der Waals surface area contributed by atoms with Gasteiger partial charge in [-0.15, -0.1) is 0 Å². The van der Waals surface area contributed by atoms with Gasteiger partial charge in [-0.2, -0.15) is 10.2 Å². The molecule has 3 aromatic rings. The lowest BCUT2D eigenvalue weighted by Crippen LogP contribution is -2.38. The van der Waals surface area contributed by atoms with Crippen molar-refractivity contribution in [3.8, 4) is 0 Å². The lowest BCUT2D eigenvalue weighted by Gasteiger charge is -2.34. The van der Waals surface area contributed by atoms with E-state index in [1.54, 1.807) is 0 Å². The van der Waals surface area contributed by atoms with Crippen molar-refractivity contribution in [2.24, 2.45) is 5.10 Å². The normalized spacial score (nSPS) is 13.8. The summed E-state index contributed by atoms with van der Waals surface area (Å²) < 4.78 is 0. The number of benzene rings is 3. The number of anilines is 2. The number of allylic oxidation sites excluding steroid dienone is 1. The molecule has 1 aliphatic rings. The Morgan fingerprint density at radius 3 is 1.75 bits per heavy atom. The third-order valence-electron chi connectivity index (χ3n) is 3.86. The Hall–Kier alpha value is -3.33. The van der Waals surface area contributed by atoms with E-state index in [1.807, 2.05) is 70.8 Å². The molecule has 0 radical (unpaired) electrons. The predicted octanol–water partition coefficient (Wildman–Crippen LogP) is 4.85. The zero-order valence-electron chi connectivity index (χ0n) is 13.2. The maximum absolute atomic E-state index is 4.87. The summed E-state index contributed by atoms with van der Waals surface area (Å²) in [4.78, 5) is 0. The first-order chi connectivity index (χ1) is 11.9. The molecular weight excluding hydrogens is 294 g/mol. The van der Waals surface area contributed by atoms with Crippen LogP contribution in [-0.4, -0.2) is 5.71 Å². The summed E-state index contributed by atoms with van der Waals surface area (Å²) in [6.45, 7) is 0. The maximum atomic E-state index is 4.87. The summed E-state index contributed by atoms with van der Waals surface area (Å²) in [7, 11) is 0. The molecule has 0 fully saturated rings. The first kappa shape index (κ1) is 14.3. The molecule has 0 saturated heterocycles. The van der Waals surface area contributed by atoms with Gasteiger partial charge >= 0.3 is 0 Å². The van der Waals surface area contributed by atoms with Crippen molar-refractivity contribution >= 4 is 17.1 Å². The molecule has 116 valence electrons. The van der Waals surface area contributed by atoms with E-state index in [4.69, 9.17) is 5.10 Å². The van der Waals surface area contributed by atoms with Gasteiger partial charge in [0.1, 0.15) is 0 Å². The minimum atomic E-state index is 0.937. The molecule has 0 aliphatic carbocycles. The van der Waals surface area contributed by atoms with Gasteiger partial charge in [0.25, 0.3) is 0 Å². The van der Waals surface area contributed by atoms with Crippen LogP contribution in [0.5, 0.6) is 0 Å². The molecule has 3 heteroatoms. The first-order valence-corrected chi connectivity index (χ1v) is 7.93. The molecule has 0 spiro atoms. The monoisotopic (exact) mass is 311 g/mol. The molecule has 3 aromatic carbocycles. The van der Waals surface area contributed by atoms with Crippen LogP contribution in [0.15, 0.2) is 108 Å². The van der Waals surface area contributed by atoms with Gasteiger partial charge in [0, 0.05) is 11.8 Å². The van der Waals surface area contributed by atoms with Gasteiger partial charge in [-0.3, -0.25) is 0 Å². The summed E-state index contributed by atoms with van der Waals surface area (Å²) in [5, 5.41) is 8.84. The second-order valence-corrected chi connectivity index (χ2v) is 5.47. The third-order valence-corrected chi connectivity index (χ3v) is 3.86. The average molecular weight is 311 g/mol. The van der Waals surface area contributed by atoms with Crippen LogP contribution in [0.25, 0.3) is 0 Å². The van der Waals surface area contributed by atoms with Crippen LogP contribution < -0.4 is 10.1 Å². The SMILES string of the molecule is C1=CN(c2ccccc2)N(c2ccccc2)N=C1c1ccccc1. The molecule has 4 rings (SSSR count). The molecule has 0 N–H and O–H groups in total. The topological polar surface area (TPSA) is 18.8 Å². The Morgan fingerprint density at radius 2 is 1.12 bits per heavy atom. The number of nitrogens with zero attached hydrogens (tertiary/aromatic N) is 3. The van der Waals surface area contributed by atoms with Crippen LogP contribution in [-0.2, 0) is 0 Å². The number of hydrogen-bond donors (Lipinski definition) is 0. The Bertz CT molecular complexity index is 855. The smallest absolute Gasteiger partial charge is 0.0944 e. The van der Waals surface area contributed by atoms with Crippen LogP contribution in [0, 0.1) is 0 Å². The Morgan fingerprint density at radius 1 is 0.583 bits per heavy atom. The van der Waals surface area contributed by atoms with Crippen LogP contribution >= 0.6 is 0 Å². The van der Waals surface area contributed by atoms with Crippen molar-refractivity contribution in [1.29, 1.82) is 0 Å². The van der Waals surface area contributed by atoms with E-state index in [0.29, 0.717) is 0 Å². The lowest BCUT2D eigenvalue weighted by molar-refractivity contribution is 0.853. The summed E-state index contributed by atoms with van der Waals surface area (Å²) in [6, 6.07) is 30.6. The molecule has 0 unspecified atom stereocenters. The zero-order chi connectivity index (χ0) is 16.2. The van der Waals surface area contributed by atoms with E-state index >= 15 is 0 Å². The van der Waals surface area contributed by atoms with Gasteiger partial charge in [-0.1, -0.05) is 66.7 Å². The lowest BCUT2D eigenvalue weighted by atomic mass is 10.1. The summed E-state index contributed by atoms with van der Waals surface area (Å²) in [5.74, 6) is 0. The fourth-order valence-electron chi connectivity index (χ4n) is 2.67. The van der Waals surface area contributed by atoms with Gasteiger partial charge in [0.2, 0.25) is 0 Å². The van der Waals surface area contributed by atoms with Gasteiger partial charge in [-0.05, 0) is 30.3 Å². The Labute approximate surface area is 141 Å². The molecule has 0 bridgehead atoms. The highest BCUT2D eigenvalue weighted by Crippen LogP contribution is 2.26. The minimum Gasteiger partial charge on any atom is -0.240 e. The van der Waals surface area contributed by atoms with Crippen molar-refractivity contribution < 1.29 is 0 Å². The van der Waals surface area contributed by atoms with Gasteiger partial charge < -0.3 is 0 Å². The van der Waals surface area contributed by atoms with Gasteiger partial charge in [0.15, 0.2) is 0 Å². The van der Waals surface area contributed by atoms with Gasteiger partial charge in [-0.25, -0.2) is 5.01 Å². The zero-order valence-corrected chi connectivity index (χ0v) is 13.2. The van der Waals surface area contributed by atoms with E-state index in [9.17, 15) is 0 Å². The van der Waals surface area contributed by atoms with Crippen LogP contribution in [0.2, 0.25) is 0 Å². The highest BCUT2D eigenvalue weighted by atomic mass is 15.8. The van der Waals surface area contributed by atoms with Crippen molar-refractivity contribution in [1.82, 2.24) is 0 Å². The highest BCUT2D eigenvalue weighted by molar-refractivity contribution is 6.10. The largest absolute Gasteiger partial charge is 0.240 e. The number of hydrazone groups is 1. The summed E-state index contributed by atoms with van der Waals surface area (Å²) >= 11 is 0. The Balaban J connectivity index is 1.78. The molecule has 0 saturated carbocycles. The summed E-state index contributed by atoms with van der Waals surface area (Å²) in [5.41, 5.74) is 4.11. The number of para-hydroxylation sites is 2. The fraction of sp³-hybridized carbons (Fsp3) is 0. The molecule has 24 heavy (non-hydrogen) atoms. The van der Waals surface area contributed by atoms with Crippen LogP contribution in [0.3, 0.4) is 0 Å². The molecule has 3 nitrogen and oxygen atoms in total. The van der Waals surface area contributed by atoms with Gasteiger partial charge in [0.05, 0.1) is 17.1 Å². The number of hydrogen-bond acceptors (Lipinski definition) is 3. The molecule has 0 amide bonds. The van der Waals surface area contributed by atoms with E-state index in [1.165, 1.54) is 0 Å². The standard InChI is InChI=1S/C21H17N3/c1-4-10-18(11-5-1)21-16-17-23(19-12-6-2-7-13-19)24(22-21)20-14-8-3-9-15-20/h1-17H. The Kier molecular flexibility index (Phi) is 3.82. The maximum Gasteiger partial charge on any atom is 0.0944 e. The number of hydrazine groups is 1. The fourth-order valence-corrected chi connectivity index (χ4v) is 2.67. The van der Waals surface area contributed by atoms with Crippen molar-refractivity contribution in [3.63, 3.8) is 0 Å². The number of rotatable bonds is 3. The second-order valence-electron chi connectivity index (χ2n) is 5.47. The van der Waals surface area contributed by atoms with E-state index in [0.717, 1.165) is 22.6 Å². The van der Waals surface area contributed by atoms with Crippen molar-refractivity contribution in [3.05, 3.63) is 109 Å². The molecule has 0 atom stereocenters. The molecule has 0 aromatic heterocycles. The quantitative estimate of drug-likeness (QED) is 0.689. The highest BCUT2D eigenvalue weighted by Gasteiger charge is 2.19. The van der Waals surface area contributed by atoms with E-state index in [2.05, 4.69) is 42.6 Å². The van der Waals surface area contributed by atoms with E-state index < -0.39 is 0 Å².